The maximum atomic E-state index is 12.8. The van der Waals surface area contributed by atoms with Crippen molar-refractivity contribution in [2.75, 3.05) is 20.3 Å². The second kappa shape index (κ2) is 7.72. The Morgan fingerprint density at radius 2 is 1.76 bits per heavy atom. The first-order valence-corrected chi connectivity index (χ1v) is 8.07. The first-order chi connectivity index (χ1) is 12.2. The van der Waals surface area contributed by atoms with Crippen molar-refractivity contribution in [1.82, 2.24) is 15.1 Å². The lowest BCUT2D eigenvalue weighted by Crippen LogP contribution is -2.30. The van der Waals surface area contributed by atoms with Gasteiger partial charge in [-0.3, -0.25) is 9.59 Å². The molecule has 3 rings (SSSR count). The Morgan fingerprint density at radius 3 is 2.48 bits per heavy atom. The number of hydrogen-bond acceptors (Lipinski definition) is 4. The van der Waals surface area contributed by atoms with E-state index in [1.54, 1.807) is 43.5 Å². The van der Waals surface area contributed by atoms with E-state index < -0.39 is 0 Å². The number of fused-ring (bicyclic) bond motifs is 1. The minimum absolute atomic E-state index is 0.233. The molecule has 1 heterocycles. The van der Waals surface area contributed by atoms with Gasteiger partial charge in [-0.05, 0) is 24.6 Å². The fraction of sp³-hybridized carbons (Fsp3) is 0.211. The lowest BCUT2D eigenvalue weighted by molar-refractivity contribution is 0.0944. The van der Waals surface area contributed by atoms with E-state index in [-0.39, 0.29) is 17.2 Å². The number of methoxy groups -OCH3 is 1. The molecule has 0 saturated carbocycles. The van der Waals surface area contributed by atoms with Crippen molar-refractivity contribution in [2.24, 2.45) is 0 Å². The minimum atomic E-state index is -0.308. The van der Waals surface area contributed by atoms with Gasteiger partial charge in [-0.1, -0.05) is 36.4 Å². The second-order valence-electron chi connectivity index (χ2n) is 5.55. The highest BCUT2D eigenvalue weighted by molar-refractivity contribution is 6.04. The third-order valence-electron chi connectivity index (χ3n) is 3.83. The molecule has 25 heavy (non-hydrogen) atoms. The van der Waals surface area contributed by atoms with E-state index in [0.717, 1.165) is 0 Å². The SMILES string of the molecule is COCCCNC(=O)c1nn(-c2ccccc2)c(=O)c2ccccc12. The van der Waals surface area contributed by atoms with Crippen LogP contribution in [0.25, 0.3) is 16.5 Å². The molecule has 0 bridgehead atoms. The third-order valence-corrected chi connectivity index (χ3v) is 3.83. The normalized spacial score (nSPS) is 10.8. The molecule has 0 radical (unpaired) electrons. The quantitative estimate of drug-likeness (QED) is 0.700. The number of nitrogens with zero attached hydrogens (tertiary/aromatic N) is 2. The Bertz CT molecular complexity index is 936. The number of para-hydroxylation sites is 1. The van der Waals surface area contributed by atoms with Crippen LogP contribution in [0, 0.1) is 0 Å². The standard InChI is InChI=1S/C19H19N3O3/c1-25-13-7-12-20-18(23)17-15-10-5-6-11-16(15)19(24)22(21-17)14-8-3-2-4-9-14/h2-6,8-11H,7,12-13H2,1H3,(H,20,23). The number of carbonyl (C=O) groups is 1. The number of amides is 1. The highest BCUT2D eigenvalue weighted by Gasteiger charge is 2.16. The van der Waals surface area contributed by atoms with E-state index in [1.807, 2.05) is 18.2 Å². The van der Waals surface area contributed by atoms with Gasteiger partial charge in [0.1, 0.15) is 0 Å². The Labute approximate surface area is 145 Å². The molecule has 1 aromatic heterocycles. The van der Waals surface area contributed by atoms with E-state index in [9.17, 15) is 9.59 Å². The molecule has 0 spiro atoms. The first-order valence-electron chi connectivity index (χ1n) is 8.07. The van der Waals surface area contributed by atoms with Gasteiger partial charge >= 0.3 is 0 Å². The van der Waals surface area contributed by atoms with Crippen LogP contribution in [0.15, 0.2) is 59.4 Å². The topological polar surface area (TPSA) is 73.2 Å². The molecular formula is C19H19N3O3. The van der Waals surface area contributed by atoms with Crippen LogP contribution in [0.4, 0.5) is 0 Å². The molecule has 1 amide bonds. The molecular weight excluding hydrogens is 318 g/mol. The summed E-state index contributed by atoms with van der Waals surface area (Å²) in [5.41, 5.74) is 0.598. The van der Waals surface area contributed by atoms with Crippen molar-refractivity contribution in [1.29, 1.82) is 0 Å². The van der Waals surface area contributed by atoms with Gasteiger partial charge in [-0.25, -0.2) is 0 Å². The smallest absolute Gasteiger partial charge is 0.279 e. The van der Waals surface area contributed by atoms with Gasteiger partial charge in [-0.15, -0.1) is 0 Å². The molecule has 3 aromatic rings. The van der Waals surface area contributed by atoms with Gasteiger partial charge in [0.15, 0.2) is 5.69 Å². The largest absolute Gasteiger partial charge is 0.385 e. The molecule has 1 N–H and O–H groups in total. The van der Waals surface area contributed by atoms with Gasteiger partial charge in [0, 0.05) is 25.6 Å². The molecule has 0 saturated heterocycles. The van der Waals surface area contributed by atoms with E-state index in [2.05, 4.69) is 10.4 Å². The number of nitrogens with one attached hydrogen (secondary N) is 1. The molecule has 128 valence electrons. The summed E-state index contributed by atoms with van der Waals surface area (Å²) in [4.78, 5) is 25.3. The first kappa shape index (κ1) is 16.9. The number of hydrogen-bond donors (Lipinski definition) is 1. The molecule has 0 aliphatic heterocycles. The number of carbonyl (C=O) groups excluding carboxylic acids is 1. The van der Waals surface area contributed by atoms with Gasteiger partial charge in [0.2, 0.25) is 0 Å². The van der Waals surface area contributed by atoms with Crippen LogP contribution in [0.1, 0.15) is 16.9 Å². The van der Waals surface area contributed by atoms with E-state index in [0.29, 0.717) is 36.0 Å². The zero-order valence-electron chi connectivity index (χ0n) is 13.9. The summed E-state index contributed by atoms with van der Waals surface area (Å²) < 4.78 is 6.25. The maximum Gasteiger partial charge on any atom is 0.279 e. The van der Waals surface area contributed by atoms with Gasteiger partial charge in [0.25, 0.3) is 11.5 Å². The second-order valence-corrected chi connectivity index (χ2v) is 5.55. The third kappa shape index (κ3) is 3.59. The van der Waals surface area contributed by atoms with Crippen LogP contribution in [0.5, 0.6) is 0 Å². The Hall–Kier alpha value is -2.99. The van der Waals surface area contributed by atoms with Crippen molar-refractivity contribution >= 4 is 16.7 Å². The molecule has 0 aliphatic rings. The predicted molar refractivity (Wildman–Crippen MR) is 96.2 cm³/mol. The summed E-state index contributed by atoms with van der Waals surface area (Å²) in [6, 6.07) is 16.1. The molecule has 2 aromatic carbocycles. The van der Waals surface area contributed by atoms with Crippen molar-refractivity contribution in [3.8, 4) is 5.69 Å². The maximum absolute atomic E-state index is 12.8. The highest BCUT2D eigenvalue weighted by atomic mass is 16.5. The fourth-order valence-electron chi connectivity index (χ4n) is 2.60. The van der Waals surface area contributed by atoms with Crippen LogP contribution in [-0.4, -0.2) is 35.9 Å². The molecule has 6 nitrogen and oxygen atoms in total. The van der Waals surface area contributed by atoms with Crippen LogP contribution >= 0.6 is 0 Å². The lowest BCUT2D eigenvalue weighted by Gasteiger charge is -2.11. The monoisotopic (exact) mass is 337 g/mol. The number of ether oxygens (including phenoxy) is 1. The van der Waals surface area contributed by atoms with E-state index >= 15 is 0 Å². The average Bonchev–Trinajstić information content (AvgIpc) is 2.66. The fourth-order valence-corrected chi connectivity index (χ4v) is 2.60. The van der Waals surface area contributed by atoms with Crippen LogP contribution in [-0.2, 0) is 4.74 Å². The number of aromatic nitrogens is 2. The van der Waals surface area contributed by atoms with Crippen molar-refractivity contribution in [2.45, 2.75) is 6.42 Å². The van der Waals surface area contributed by atoms with Crippen molar-refractivity contribution in [3.63, 3.8) is 0 Å². The highest BCUT2D eigenvalue weighted by Crippen LogP contribution is 2.15. The molecule has 0 aliphatic carbocycles. The van der Waals surface area contributed by atoms with Crippen molar-refractivity contribution in [3.05, 3.63) is 70.6 Å². The Balaban J connectivity index is 2.07. The van der Waals surface area contributed by atoms with Crippen LogP contribution in [0.3, 0.4) is 0 Å². The predicted octanol–water partition coefficient (Wildman–Crippen LogP) is 2.15. The summed E-state index contributed by atoms with van der Waals surface area (Å²) in [6.07, 6.45) is 0.707. The summed E-state index contributed by atoms with van der Waals surface area (Å²) >= 11 is 0. The minimum Gasteiger partial charge on any atom is -0.385 e. The van der Waals surface area contributed by atoms with Gasteiger partial charge in [-0.2, -0.15) is 9.78 Å². The van der Waals surface area contributed by atoms with E-state index in [4.69, 9.17) is 4.74 Å². The van der Waals surface area contributed by atoms with E-state index in [1.165, 1.54) is 4.68 Å². The Kier molecular flexibility index (Phi) is 5.20. The number of benzene rings is 2. The Morgan fingerprint density at radius 1 is 1.08 bits per heavy atom. The van der Waals surface area contributed by atoms with Crippen LogP contribution < -0.4 is 10.9 Å². The average molecular weight is 337 g/mol. The summed E-state index contributed by atoms with van der Waals surface area (Å²) in [7, 11) is 1.62. The zero-order chi connectivity index (χ0) is 17.6. The van der Waals surface area contributed by atoms with Crippen molar-refractivity contribution < 1.29 is 9.53 Å². The zero-order valence-corrected chi connectivity index (χ0v) is 13.9. The molecule has 0 atom stereocenters. The summed E-state index contributed by atoms with van der Waals surface area (Å²) in [6.45, 7) is 1.05. The van der Waals surface area contributed by atoms with Gasteiger partial charge in [0.05, 0.1) is 11.1 Å². The number of rotatable bonds is 6. The molecule has 6 heteroatoms. The molecule has 0 unspecified atom stereocenters. The lowest BCUT2D eigenvalue weighted by atomic mass is 10.1. The summed E-state index contributed by atoms with van der Waals surface area (Å²) in [5.74, 6) is -0.308. The summed E-state index contributed by atoms with van der Waals surface area (Å²) in [5, 5.41) is 8.16. The molecule has 0 fully saturated rings. The van der Waals surface area contributed by atoms with Gasteiger partial charge < -0.3 is 10.1 Å². The van der Waals surface area contributed by atoms with Crippen LogP contribution in [0.2, 0.25) is 0 Å².